The molecule has 0 amide bonds. The molecule has 9 heteroatoms. The highest BCUT2D eigenvalue weighted by Crippen LogP contribution is 2.34. The first kappa shape index (κ1) is 22.9. The Hall–Kier alpha value is -2.29. The second-order valence-electron chi connectivity index (χ2n) is 7.67. The Balaban J connectivity index is 1.41. The molecule has 170 valence electrons. The van der Waals surface area contributed by atoms with Crippen LogP contribution in [0.3, 0.4) is 0 Å². The summed E-state index contributed by atoms with van der Waals surface area (Å²) >= 11 is 7.56. The number of hydrogen-bond donors (Lipinski definition) is 0. The molecule has 1 aromatic heterocycles. The van der Waals surface area contributed by atoms with Gasteiger partial charge in [-0.3, -0.25) is 0 Å². The smallest absolute Gasteiger partial charge is 0.185 e. The fourth-order valence-corrected chi connectivity index (χ4v) is 6.63. The zero-order valence-corrected chi connectivity index (χ0v) is 20.3. The zero-order chi connectivity index (χ0) is 22.7. The fraction of sp³-hybridized carbons (Fsp3) is 0.348. The molecule has 1 aliphatic rings. The van der Waals surface area contributed by atoms with E-state index in [4.69, 9.17) is 26.1 Å². The third-order valence-electron chi connectivity index (χ3n) is 5.67. The molecule has 0 N–H and O–H groups in total. The summed E-state index contributed by atoms with van der Waals surface area (Å²) in [6, 6.07) is 12.6. The van der Waals surface area contributed by atoms with Gasteiger partial charge in [0.15, 0.2) is 26.5 Å². The lowest BCUT2D eigenvalue weighted by atomic mass is 10.1. The van der Waals surface area contributed by atoms with Crippen LogP contribution in [0.2, 0.25) is 5.02 Å². The molecule has 4 rings (SSSR count). The van der Waals surface area contributed by atoms with Crippen molar-refractivity contribution in [3.63, 3.8) is 0 Å². The van der Waals surface area contributed by atoms with E-state index < -0.39 is 15.1 Å². The number of nitrogens with zero attached hydrogens (tertiary/aromatic N) is 2. The predicted octanol–water partition coefficient (Wildman–Crippen LogP) is 4.85. The summed E-state index contributed by atoms with van der Waals surface area (Å²) in [5.41, 5.74) is 2.17. The van der Waals surface area contributed by atoms with Gasteiger partial charge in [0.1, 0.15) is 0 Å². The third kappa shape index (κ3) is 4.87. The SMILES string of the molecule is COc1ccc(S(=O)(=O)C2CCN(c3nc(Cc4ccc(Cl)cc4)cs3)CC2)cc1OC. The van der Waals surface area contributed by atoms with Crippen LogP contribution in [-0.4, -0.2) is 46.0 Å². The van der Waals surface area contributed by atoms with Crippen LogP contribution in [-0.2, 0) is 16.3 Å². The van der Waals surface area contributed by atoms with E-state index in [2.05, 4.69) is 10.3 Å². The number of benzene rings is 2. The molecule has 6 nitrogen and oxygen atoms in total. The summed E-state index contributed by atoms with van der Waals surface area (Å²) in [4.78, 5) is 7.22. The van der Waals surface area contributed by atoms with E-state index in [0.29, 0.717) is 37.4 Å². The molecule has 0 saturated carbocycles. The predicted molar refractivity (Wildman–Crippen MR) is 128 cm³/mol. The monoisotopic (exact) mass is 492 g/mol. The minimum Gasteiger partial charge on any atom is -0.493 e. The summed E-state index contributed by atoms with van der Waals surface area (Å²) in [6.07, 6.45) is 1.86. The first-order chi connectivity index (χ1) is 15.4. The summed E-state index contributed by atoms with van der Waals surface area (Å²) < 4.78 is 36.9. The Morgan fingerprint density at radius 2 is 1.75 bits per heavy atom. The van der Waals surface area contributed by atoms with Gasteiger partial charge in [0.2, 0.25) is 0 Å². The summed E-state index contributed by atoms with van der Waals surface area (Å²) in [6.45, 7) is 1.32. The lowest BCUT2D eigenvalue weighted by molar-refractivity contribution is 0.354. The van der Waals surface area contributed by atoms with E-state index in [-0.39, 0.29) is 4.90 Å². The van der Waals surface area contributed by atoms with Crippen molar-refractivity contribution in [2.45, 2.75) is 29.4 Å². The highest BCUT2D eigenvalue weighted by atomic mass is 35.5. The molecule has 3 aromatic rings. The number of aromatic nitrogens is 1. The lowest BCUT2D eigenvalue weighted by Gasteiger charge is -2.31. The van der Waals surface area contributed by atoms with Crippen LogP contribution in [0.5, 0.6) is 11.5 Å². The normalized spacial score (nSPS) is 15.0. The molecule has 0 aliphatic carbocycles. The molecule has 2 aromatic carbocycles. The largest absolute Gasteiger partial charge is 0.493 e. The highest BCUT2D eigenvalue weighted by Gasteiger charge is 2.32. The van der Waals surface area contributed by atoms with Gasteiger partial charge in [-0.2, -0.15) is 0 Å². The molecule has 0 radical (unpaired) electrons. The van der Waals surface area contributed by atoms with Crippen molar-refractivity contribution in [2.75, 3.05) is 32.2 Å². The first-order valence-corrected chi connectivity index (χ1v) is 13.1. The number of methoxy groups -OCH3 is 2. The Bertz CT molecular complexity index is 1170. The minimum atomic E-state index is -3.45. The van der Waals surface area contributed by atoms with Crippen LogP contribution in [0.4, 0.5) is 5.13 Å². The molecule has 0 spiro atoms. The van der Waals surface area contributed by atoms with Crippen LogP contribution in [0.25, 0.3) is 0 Å². The van der Waals surface area contributed by atoms with Gasteiger partial charge >= 0.3 is 0 Å². The van der Waals surface area contributed by atoms with Crippen molar-refractivity contribution in [3.8, 4) is 11.5 Å². The minimum absolute atomic E-state index is 0.271. The van der Waals surface area contributed by atoms with Crippen LogP contribution < -0.4 is 14.4 Å². The van der Waals surface area contributed by atoms with E-state index in [1.165, 1.54) is 14.2 Å². The highest BCUT2D eigenvalue weighted by molar-refractivity contribution is 7.92. The molecular weight excluding hydrogens is 468 g/mol. The van der Waals surface area contributed by atoms with Gasteiger partial charge in [-0.25, -0.2) is 13.4 Å². The number of halogens is 1. The second kappa shape index (κ2) is 9.68. The van der Waals surface area contributed by atoms with Crippen molar-refractivity contribution >= 4 is 37.9 Å². The van der Waals surface area contributed by atoms with Crippen molar-refractivity contribution < 1.29 is 17.9 Å². The van der Waals surface area contributed by atoms with Crippen LogP contribution >= 0.6 is 22.9 Å². The topological polar surface area (TPSA) is 68.7 Å². The standard InChI is InChI=1S/C23H25ClN2O4S2/c1-29-21-8-7-20(14-22(21)30-2)32(27,28)19-9-11-26(12-10-19)23-25-18(15-31-23)13-16-3-5-17(24)6-4-16/h3-8,14-15,19H,9-13H2,1-2H3. The van der Waals surface area contributed by atoms with E-state index >= 15 is 0 Å². The van der Waals surface area contributed by atoms with E-state index in [1.54, 1.807) is 29.5 Å². The average molecular weight is 493 g/mol. The number of anilines is 1. The molecule has 0 unspecified atom stereocenters. The maximum atomic E-state index is 13.2. The van der Waals surface area contributed by atoms with Gasteiger partial charge in [0.25, 0.3) is 0 Å². The van der Waals surface area contributed by atoms with E-state index in [0.717, 1.165) is 27.8 Å². The van der Waals surface area contributed by atoms with Gasteiger partial charge in [-0.1, -0.05) is 23.7 Å². The quantitative estimate of drug-likeness (QED) is 0.469. The molecule has 2 heterocycles. The number of hydrogen-bond acceptors (Lipinski definition) is 7. The maximum Gasteiger partial charge on any atom is 0.185 e. The van der Waals surface area contributed by atoms with Crippen LogP contribution in [0.1, 0.15) is 24.1 Å². The number of ether oxygens (including phenoxy) is 2. The van der Waals surface area contributed by atoms with E-state index in [1.807, 2.05) is 24.3 Å². The van der Waals surface area contributed by atoms with E-state index in [9.17, 15) is 8.42 Å². The summed E-state index contributed by atoms with van der Waals surface area (Å²) in [5, 5.41) is 3.30. The average Bonchev–Trinajstić information content (AvgIpc) is 3.28. The van der Waals surface area contributed by atoms with Gasteiger partial charge in [0.05, 0.1) is 30.1 Å². The molecule has 0 bridgehead atoms. The molecule has 1 fully saturated rings. The second-order valence-corrected chi connectivity index (χ2v) is 11.2. The molecule has 1 saturated heterocycles. The van der Waals surface area contributed by atoms with Gasteiger partial charge in [-0.05, 0) is 42.7 Å². The van der Waals surface area contributed by atoms with Crippen molar-refractivity contribution in [1.82, 2.24) is 4.98 Å². The number of rotatable bonds is 7. The van der Waals surface area contributed by atoms with Crippen molar-refractivity contribution in [1.29, 1.82) is 0 Å². The first-order valence-electron chi connectivity index (χ1n) is 10.3. The molecule has 1 aliphatic heterocycles. The number of piperidine rings is 1. The van der Waals surface area contributed by atoms with Crippen molar-refractivity contribution in [3.05, 3.63) is 64.1 Å². The fourth-order valence-electron chi connectivity index (χ4n) is 3.88. The Labute approximate surface area is 197 Å². The summed E-state index contributed by atoms with van der Waals surface area (Å²) in [5.74, 6) is 0.932. The van der Waals surface area contributed by atoms with Gasteiger partial charge < -0.3 is 14.4 Å². The zero-order valence-electron chi connectivity index (χ0n) is 18.0. The van der Waals surface area contributed by atoms with Crippen molar-refractivity contribution in [2.24, 2.45) is 0 Å². The molecular formula is C23H25ClN2O4S2. The van der Waals surface area contributed by atoms with Gasteiger partial charge in [-0.15, -0.1) is 11.3 Å². The molecule has 32 heavy (non-hydrogen) atoms. The number of thiazole rings is 1. The lowest BCUT2D eigenvalue weighted by Crippen LogP contribution is -2.39. The van der Waals surface area contributed by atoms with Crippen LogP contribution in [0.15, 0.2) is 52.7 Å². The Morgan fingerprint density at radius 3 is 2.41 bits per heavy atom. The van der Waals surface area contributed by atoms with Crippen LogP contribution in [0, 0.1) is 0 Å². The summed E-state index contributed by atoms with van der Waals surface area (Å²) in [7, 11) is -0.423. The Morgan fingerprint density at radius 1 is 1.06 bits per heavy atom. The number of sulfone groups is 1. The van der Waals surface area contributed by atoms with Gasteiger partial charge in [0, 0.05) is 36.0 Å². The Kier molecular flexibility index (Phi) is 6.93. The molecule has 0 atom stereocenters. The maximum absolute atomic E-state index is 13.2. The third-order valence-corrected chi connectivity index (χ3v) is 9.14.